The fraction of sp³-hybridized carbons (Fsp3) is 0.533. The van der Waals surface area contributed by atoms with Crippen molar-refractivity contribution in [2.45, 2.75) is 51.3 Å². The van der Waals surface area contributed by atoms with Crippen LogP contribution in [0.15, 0.2) is 29.2 Å². The predicted molar refractivity (Wildman–Crippen MR) is 83.0 cm³/mol. The van der Waals surface area contributed by atoms with Crippen LogP contribution in [0.4, 0.5) is 0 Å². The number of rotatable bonds is 8. The van der Waals surface area contributed by atoms with Crippen LogP contribution in [0.1, 0.15) is 45.1 Å². The number of aryl methyl sites for hydroxylation is 1. The number of benzene rings is 1. The molecule has 0 fully saturated rings. The highest BCUT2D eigenvalue weighted by molar-refractivity contribution is 7.89. The van der Waals surface area contributed by atoms with Gasteiger partial charge in [-0.05, 0) is 32.4 Å². The Labute approximate surface area is 127 Å². The first-order valence-corrected chi connectivity index (χ1v) is 8.78. The summed E-state index contributed by atoms with van der Waals surface area (Å²) in [5.41, 5.74) is 0.983. The maximum absolute atomic E-state index is 12.2. The van der Waals surface area contributed by atoms with Gasteiger partial charge in [0.15, 0.2) is 0 Å². The molecule has 0 aliphatic carbocycles. The monoisotopic (exact) mass is 312 g/mol. The number of carbonyl (C=O) groups is 1. The molecule has 5 nitrogen and oxygen atoms in total. The Balaban J connectivity index is 2.75. The molecule has 0 aliphatic heterocycles. The molecule has 118 valence electrons. The number of carbonyl (C=O) groups excluding carboxylic acids is 1. The van der Waals surface area contributed by atoms with E-state index in [2.05, 4.69) is 11.8 Å². The largest absolute Gasteiger partial charge is 0.273 e. The molecule has 1 aromatic carbocycles. The quantitative estimate of drug-likeness (QED) is 0.593. The molecule has 0 atom stereocenters. The fourth-order valence-corrected chi connectivity index (χ4v) is 2.99. The number of unbranched alkanes of at least 4 members (excludes halogenated alkanes) is 2. The van der Waals surface area contributed by atoms with Crippen molar-refractivity contribution in [3.8, 4) is 0 Å². The molecule has 1 amide bonds. The maximum Gasteiger partial charge on any atom is 0.257 e. The lowest BCUT2D eigenvalue weighted by Gasteiger charge is -2.21. The Hall–Kier alpha value is -1.40. The van der Waals surface area contributed by atoms with Gasteiger partial charge in [0.2, 0.25) is 5.91 Å². The van der Waals surface area contributed by atoms with Crippen molar-refractivity contribution >= 4 is 15.9 Å². The summed E-state index contributed by atoms with van der Waals surface area (Å²) in [6, 6.07) is 6.53. The summed E-state index contributed by atoms with van der Waals surface area (Å²) in [5.74, 6) is -0.193. The van der Waals surface area contributed by atoms with E-state index >= 15 is 0 Å². The standard InChI is InChI=1S/C15H24N2O3S/c1-4-6-7-8-15(18)17(5-2)16-21(19,20)14-11-9-13(3)10-12-14/h9-12,16H,4-8H2,1-3H3. The Morgan fingerprint density at radius 2 is 1.76 bits per heavy atom. The van der Waals surface area contributed by atoms with Crippen LogP contribution in [-0.2, 0) is 14.8 Å². The number of nitrogens with zero attached hydrogens (tertiary/aromatic N) is 1. The topological polar surface area (TPSA) is 66.5 Å². The van der Waals surface area contributed by atoms with E-state index in [9.17, 15) is 13.2 Å². The number of hydrogen-bond acceptors (Lipinski definition) is 3. The predicted octanol–water partition coefficient (Wildman–Crippen LogP) is 2.62. The molecule has 0 saturated heterocycles. The number of amides is 1. The summed E-state index contributed by atoms with van der Waals surface area (Å²) in [4.78, 5) is 14.5. The Morgan fingerprint density at radius 3 is 2.29 bits per heavy atom. The van der Waals surface area contributed by atoms with Crippen LogP contribution >= 0.6 is 0 Å². The zero-order valence-corrected chi connectivity index (χ0v) is 13.7. The molecule has 1 N–H and O–H groups in total. The average molecular weight is 312 g/mol. The SMILES string of the molecule is CCCCCC(=O)N(CC)NS(=O)(=O)c1ccc(C)cc1. The van der Waals surface area contributed by atoms with Gasteiger partial charge in [-0.2, -0.15) is 0 Å². The van der Waals surface area contributed by atoms with E-state index in [1.54, 1.807) is 19.1 Å². The molecule has 0 saturated carbocycles. The summed E-state index contributed by atoms with van der Waals surface area (Å²) in [6.07, 6.45) is 3.12. The molecule has 0 heterocycles. The van der Waals surface area contributed by atoms with Gasteiger partial charge in [-0.25, -0.2) is 8.42 Å². The Bertz CT molecular complexity index is 553. The lowest BCUT2D eigenvalue weighted by Crippen LogP contribution is -2.45. The first-order chi connectivity index (χ1) is 9.90. The molecule has 21 heavy (non-hydrogen) atoms. The van der Waals surface area contributed by atoms with E-state index in [4.69, 9.17) is 0 Å². The number of nitrogens with one attached hydrogen (secondary N) is 1. The van der Waals surface area contributed by atoms with Crippen molar-refractivity contribution in [1.82, 2.24) is 9.84 Å². The van der Waals surface area contributed by atoms with Crippen molar-refractivity contribution in [3.05, 3.63) is 29.8 Å². The van der Waals surface area contributed by atoms with Crippen LogP contribution in [0.5, 0.6) is 0 Å². The molecule has 0 unspecified atom stereocenters. The van der Waals surface area contributed by atoms with Crippen LogP contribution in [-0.4, -0.2) is 25.9 Å². The third-order valence-corrected chi connectivity index (χ3v) is 4.53. The van der Waals surface area contributed by atoms with Gasteiger partial charge < -0.3 is 0 Å². The zero-order chi connectivity index (χ0) is 15.9. The van der Waals surface area contributed by atoms with E-state index in [-0.39, 0.29) is 10.8 Å². The lowest BCUT2D eigenvalue weighted by molar-refractivity contribution is -0.132. The molecule has 1 rings (SSSR count). The number of hydrazine groups is 1. The summed E-state index contributed by atoms with van der Waals surface area (Å²) in [7, 11) is -3.71. The van der Waals surface area contributed by atoms with Gasteiger partial charge in [-0.1, -0.05) is 37.5 Å². The third-order valence-electron chi connectivity index (χ3n) is 3.17. The van der Waals surface area contributed by atoms with E-state index in [1.165, 1.54) is 17.1 Å². The van der Waals surface area contributed by atoms with Crippen molar-refractivity contribution in [2.24, 2.45) is 0 Å². The summed E-state index contributed by atoms with van der Waals surface area (Å²) in [6.45, 7) is 5.99. The molecule has 0 aliphatic rings. The third kappa shape index (κ3) is 5.47. The molecule has 0 spiro atoms. The average Bonchev–Trinajstić information content (AvgIpc) is 2.45. The Kier molecular flexibility index (Phi) is 6.84. The second-order valence-corrected chi connectivity index (χ2v) is 6.66. The second kappa shape index (κ2) is 8.14. The van der Waals surface area contributed by atoms with Crippen molar-refractivity contribution in [3.63, 3.8) is 0 Å². The second-order valence-electron chi connectivity index (χ2n) is 5.00. The van der Waals surface area contributed by atoms with Gasteiger partial charge in [-0.15, -0.1) is 4.83 Å². The van der Waals surface area contributed by atoms with E-state index < -0.39 is 10.0 Å². The normalized spacial score (nSPS) is 11.4. The van der Waals surface area contributed by atoms with Crippen molar-refractivity contribution in [1.29, 1.82) is 0 Å². The smallest absolute Gasteiger partial charge is 0.257 e. The first-order valence-electron chi connectivity index (χ1n) is 7.30. The zero-order valence-electron chi connectivity index (χ0n) is 12.9. The summed E-state index contributed by atoms with van der Waals surface area (Å²) in [5, 5.41) is 1.17. The van der Waals surface area contributed by atoms with Crippen LogP contribution in [0.2, 0.25) is 0 Å². The highest BCUT2D eigenvalue weighted by Crippen LogP contribution is 2.11. The van der Waals surface area contributed by atoms with Gasteiger partial charge >= 0.3 is 0 Å². The van der Waals surface area contributed by atoms with Crippen molar-refractivity contribution < 1.29 is 13.2 Å². The van der Waals surface area contributed by atoms with Gasteiger partial charge in [-0.3, -0.25) is 9.80 Å². The highest BCUT2D eigenvalue weighted by Gasteiger charge is 2.20. The molecule has 0 aromatic heterocycles. The first kappa shape index (κ1) is 17.7. The van der Waals surface area contributed by atoms with Crippen LogP contribution in [0, 0.1) is 6.92 Å². The number of hydrogen-bond donors (Lipinski definition) is 1. The van der Waals surface area contributed by atoms with E-state index in [0.717, 1.165) is 24.8 Å². The number of sulfonamides is 1. The fourth-order valence-electron chi connectivity index (χ4n) is 1.87. The molecule has 0 radical (unpaired) electrons. The molecule has 1 aromatic rings. The minimum Gasteiger partial charge on any atom is -0.273 e. The molecular formula is C15H24N2O3S. The summed E-state index contributed by atoms with van der Waals surface area (Å²) < 4.78 is 24.5. The minimum absolute atomic E-state index is 0.160. The van der Waals surface area contributed by atoms with E-state index in [0.29, 0.717) is 13.0 Å². The molecule has 0 bridgehead atoms. The minimum atomic E-state index is -3.71. The van der Waals surface area contributed by atoms with Gasteiger partial charge in [0.25, 0.3) is 10.0 Å². The van der Waals surface area contributed by atoms with Gasteiger partial charge in [0.1, 0.15) is 0 Å². The lowest BCUT2D eigenvalue weighted by atomic mass is 10.2. The van der Waals surface area contributed by atoms with Gasteiger partial charge in [0, 0.05) is 13.0 Å². The van der Waals surface area contributed by atoms with Gasteiger partial charge in [0.05, 0.1) is 4.90 Å². The Morgan fingerprint density at radius 1 is 1.14 bits per heavy atom. The molecule has 6 heteroatoms. The van der Waals surface area contributed by atoms with Crippen molar-refractivity contribution in [2.75, 3.05) is 6.54 Å². The molecular weight excluding hydrogens is 288 g/mol. The van der Waals surface area contributed by atoms with Crippen LogP contribution in [0.3, 0.4) is 0 Å². The van der Waals surface area contributed by atoms with Crippen LogP contribution < -0.4 is 4.83 Å². The highest BCUT2D eigenvalue weighted by atomic mass is 32.2. The van der Waals surface area contributed by atoms with E-state index in [1.807, 2.05) is 6.92 Å². The maximum atomic E-state index is 12.2. The summed E-state index contributed by atoms with van der Waals surface area (Å²) >= 11 is 0. The van der Waals surface area contributed by atoms with Crippen LogP contribution in [0.25, 0.3) is 0 Å².